The summed E-state index contributed by atoms with van der Waals surface area (Å²) < 4.78 is 26.8. The van der Waals surface area contributed by atoms with Gasteiger partial charge in [-0.3, -0.25) is 0 Å². The number of rotatable bonds is 13. The zero-order chi connectivity index (χ0) is 28.8. The molecular weight excluding hydrogens is 512 g/mol. The molecule has 0 aromatic heterocycles. The molecule has 5 heteroatoms. The predicted molar refractivity (Wildman–Crippen MR) is 166 cm³/mol. The monoisotopic (exact) mass is 560 g/mol. The van der Waals surface area contributed by atoms with E-state index in [1.54, 1.807) is 6.08 Å². The molecule has 0 bridgehead atoms. The third kappa shape index (κ3) is 6.95. The molecule has 6 atom stereocenters. The predicted octanol–water partition coefficient (Wildman–Crippen LogP) is 8.13. The summed E-state index contributed by atoms with van der Waals surface area (Å²) in [7, 11) is -1.94. The lowest BCUT2D eigenvalue weighted by Gasteiger charge is -2.46. The third-order valence-electron chi connectivity index (χ3n) is 9.16. The van der Waals surface area contributed by atoms with E-state index in [1.807, 2.05) is 18.2 Å². The van der Waals surface area contributed by atoms with E-state index in [0.717, 1.165) is 12.0 Å². The summed E-state index contributed by atoms with van der Waals surface area (Å²) >= 11 is 0. The second-order valence-electron chi connectivity index (χ2n) is 12.8. The van der Waals surface area contributed by atoms with Crippen LogP contribution < -0.4 is 0 Å². The molecule has 0 radical (unpaired) electrons. The highest BCUT2D eigenvalue weighted by molar-refractivity contribution is 6.74. The number of ether oxygens (including phenoxy) is 3. The molecule has 40 heavy (non-hydrogen) atoms. The minimum absolute atomic E-state index is 0.00407. The molecule has 2 aliphatic rings. The number of fused-ring (bicyclic) bond motifs is 1. The number of benzene rings is 2. The first-order valence-electron chi connectivity index (χ1n) is 14.6. The van der Waals surface area contributed by atoms with Gasteiger partial charge in [0.1, 0.15) is 5.60 Å². The Morgan fingerprint density at radius 2 is 1.48 bits per heavy atom. The Balaban J connectivity index is 1.66. The van der Waals surface area contributed by atoms with Gasteiger partial charge in [0.15, 0.2) is 8.32 Å². The molecule has 2 aliphatic carbocycles. The van der Waals surface area contributed by atoms with Crippen LogP contribution in [0.3, 0.4) is 0 Å². The lowest BCUT2D eigenvalue weighted by molar-refractivity contribution is -0.0988. The van der Waals surface area contributed by atoms with E-state index in [0.29, 0.717) is 26.4 Å². The molecular formula is C35H48O4Si. The molecule has 1 fully saturated rings. The fourth-order valence-corrected chi connectivity index (χ4v) is 6.90. The van der Waals surface area contributed by atoms with E-state index in [9.17, 15) is 0 Å². The van der Waals surface area contributed by atoms with Gasteiger partial charge in [-0.2, -0.15) is 0 Å². The molecule has 4 rings (SSSR count). The highest BCUT2D eigenvalue weighted by atomic mass is 28.4. The molecule has 0 heterocycles. The first-order valence-corrected chi connectivity index (χ1v) is 17.5. The van der Waals surface area contributed by atoms with Crippen molar-refractivity contribution in [1.82, 2.24) is 0 Å². The summed E-state index contributed by atoms with van der Waals surface area (Å²) in [6, 6.07) is 20.8. The van der Waals surface area contributed by atoms with E-state index in [-0.39, 0.29) is 35.0 Å². The van der Waals surface area contributed by atoms with Gasteiger partial charge in [0.25, 0.3) is 0 Å². The molecule has 216 valence electrons. The highest BCUT2D eigenvalue weighted by Gasteiger charge is 2.58. The van der Waals surface area contributed by atoms with Crippen molar-refractivity contribution in [3.8, 4) is 0 Å². The van der Waals surface area contributed by atoms with Crippen molar-refractivity contribution >= 4 is 8.32 Å². The van der Waals surface area contributed by atoms with Crippen LogP contribution in [0.4, 0.5) is 0 Å². The Labute approximate surface area is 243 Å². The quantitative estimate of drug-likeness (QED) is 0.183. The average Bonchev–Trinajstić information content (AvgIpc) is 3.33. The van der Waals surface area contributed by atoms with E-state index in [2.05, 4.69) is 108 Å². The van der Waals surface area contributed by atoms with Crippen LogP contribution in [0.25, 0.3) is 0 Å². The van der Waals surface area contributed by atoms with Crippen LogP contribution in [0.1, 0.15) is 38.3 Å². The SMILES string of the molecule is C=CCO[C@@]1(C=C)C=C[C@H](CO[Si](C)(C)C(C)(C)C)[C@@H]2[C@H]1[C@H](OCc1ccccc1)C[C@@H]2OCc1ccccc1. The van der Waals surface area contributed by atoms with Crippen LogP contribution in [-0.2, 0) is 31.9 Å². The van der Waals surface area contributed by atoms with Gasteiger partial charge in [-0.15, -0.1) is 6.58 Å². The average molecular weight is 561 g/mol. The van der Waals surface area contributed by atoms with Crippen LogP contribution in [0, 0.1) is 17.8 Å². The van der Waals surface area contributed by atoms with Gasteiger partial charge in [0.05, 0.1) is 32.0 Å². The Bertz CT molecular complexity index is 1120. The van der Waals surface area contributed by atoms with Gasteiger partial charge in [-0.05, 0) is 29.3 Å². The largest absolute Gasteiger partial charge is 0.416 e. The van der Waals surface area contributed by atoms with Gasteiger partial charge in [-0.1, -0.05) is 112 Å². The molecule has 0 N–H and O–H groups in total. The summed E-state index contributed by atoms with van der Waals surface area (Å²) in [4.78, 5) is 0. The van der Waals surface area contributed by atoms with Crippen molar-refractivity contribution in [3.05, 3.63) is 109 Å². The summed E-state index contributed by atoms with van der Waals surface area (Å²) in [5, 5.41) is 0.142. The summed E-state index contributed by atoms with van der Waals surface area (Å²) in [5.74, 6) is 0.375. The van der Waals surface area contributed by atoms with Crippen molar-refractivity contribution in [2.45, 2.75) is 76.3 Å². The van der Waals surface area contributed by atoms with Crippen molar-refractivity contribution < 1.29 is 18.6 Å². The van der Waals surface area contributed by atoms with E-state index < -0.39 is 13.9 Å². The molecule has 0 spiro atoms. The first-order chi connectivity index (χ1) is 19.1. The van der Waals surface area contributed by atoms with Crippen molar-refractivity contribution in [1.29, 1.82) is 0 Å². The van der Waals surface area contributed by atoms with Crippen LogP contribution >= 0.6 is 0 Å². The Hall–Kier alpha value is -2.28. The highest BCUT2D eigenvalue weighted by Crippen LogP contribution is 2.52. The van der Waals surface area contributed by atoms with Crippen molar-refractivity contribution in [2.24, 2.45) is 17.8 Å². The summed E-state index contributed by atoms with van der Waals surface area (Å²) in [5.41, 5.74) is 1.66. The van der Waals surface area contributed by atoms with Crippen LogP contribution in [0.2, 0.25) is 18.1 Å². The van der Waals surface area contributed by atoms with E-state index in [1.165, 1.54) is 5.56 Å². The zero-order valence-corrected chi connectivity index (χ0v) is 26.1. The van der Waals surface area contributed by atoms with Gasteiger partial charge in [0.2, 0.25) is 0 Å². The normalized spacial score (nSPS) is 28.3. The maximum atomic E-state index is 6.81. The number of hydrogen-bond acceptors (Lipinski definition) is 4. The summed E-state index contributed by atoms with van der Waals surface area (Å²) in [6.07, 6.45) is 8.97. The van der Waals surface area contributed by atoms with E-state index in [4.69, 9.17) is 18.6 Å². The smallest absolute Gasteiger partial charge is 0.192 e. The lowest BCUT2D eigenvalue weighted by atomic mass is 9.68. The fraction of sp³-hybridized carbons (Fsp3) is 0.486. The van der Waals surface area contributed by atoms with Crippen molar-refractivity contribution in [2.75, 3.05) is 13.2 Å². The zero-order valence-electron chi connectivity index (χ0n) is 25.1. The minimum Gasteiger partial charge on any atom is -0.416 e. The van der Waals surface area contributed by atoms with Gasteiger partial charge in [-0.25, -0.2) is 0 Å². The van der Waals surface area contributed by atoms with Crippen molar-refractivity contribution in [3.63, 3.8) is 0 Å². The maximum Gasteiger partial charge on any atom is 0.192 e. The maximum absolute atomic E-state index is 6.81. The first kappa shape index (κ1) is 30.7. The lowest BCUT2D eigenvalue weighted by Crippen LogP contribution is -2.51. The fourth-order valence-electron chi connectivity index (χ4n) is 5.86. The Kier molecular flexibility index (Phi) is 10.1. The van der Waals surface area contributed by atoms with Gasteiger partial charge in [0, 0.05) is 30.8 Å². The molecule has 0 unspecified atom stereocenters. The van der Waals surface area contributed by atoms with Gasteiger partial charge >= 0.3 is 0 Å². The standard InChI is InChI=1S/C35H48O4Si/c1-8-22-38-35(9-2)21-20-29(26-39-40(6,7)34(3,4)5)32-30(36-24-27-16-12-10-13-17-27)23-31(33(32)35)37-25-28-18-14-11-15-19-28/h8-21,29-33H,1-2,22-26H2,3-7H3/t29-,30+,31-,32+,33-,35+/m1/s1. The Morgan fingerprint density at radius 3 is 2.00 bits per heavy atom. The van der Waals surface area contributed by atoms with Gasteiger partial charge < -0.3 is 18.6 Å². The van der Waals surface area contributed by atoms with Crippen LogP contribution in [-0.4, -0.2) is 39.3 Å². The molecule has 0 saturated heterocycles. The van der Waals surface area contributed by atoms with Crippen LogP contribution in [0.5, 0.6) is 0 Å². The third-order valence-corrected chi connectivity index (χ3v) is 13.7. The molecule has 1 saturated carbocycles. The minimum atomic E-state index is -1.94. The Morgan fingerprint density at radius 1 is 0.900 bits per heavy atom. The van der Waals surface area contributed by atoms with E-state index >= 15 is 0 Å². The summed E-state index contributed by atoms with van der Waals surface area (Å²) in [6.45, 7) is 21.9. The second kappa shape index (κ2) is 13.1. The molecule has 0 amide bonds. The topological polar surface area (TPSA) is 36.9 Å². The second-order valence-corrected chi connectivity index (χ2v) is 17.6. The molecule has 4 nitrogen and oxygen atoms in total. The molecule has 0 aliphatic heterocycles. The molecule has 2 aromatic carbocycles. The number of hydrogen-bond donors (Lipinski definition) is 0. The van der Waals surface area contributed by atoms with Crippen LogP contribution in [0.15, 0.2) is 98.1 Å². The molecule has 2 aromatic rings.